The van der Waals surface area contributed by atoms with Crippen LogP contribution in [0.25, 0.3) is 11.0 Å². The van der Waals surface area contributed by atoms with Gasteiger partial charge in [0.2, 0.25) is 5.91 Å². The van der Waals surface area contributed by atoms with E-state index in [9.17, 15) is 4.79 Å². The van der Waals surface area contributed by atoms with E-state index in [1.165, 1.54) is 12.8 Å². The van der Waals surface area contributed by atoms with Gasteiger partial charge in [-0.15, -0.1) is 0 Å². The smallest absolute Gasteiger partial charge is 0.248 e. The number of fused-ring (bicyclic) bond motifs is 1. The van der Waals surface area contributed by atoms with Crippen molar-refractivity contribution in [3.63, 3.8) is 0 Å². The summed E-state index contributed by atoms with van der Waals surface area (Å²) in [5.74, 6) is 0.611. The van der Waals surface area contributed by atoms with Gasteiger partial charge in [0.15, 0.2) is 0 Å². The molecular formula is C12H13N3O. The Kier molecular flexibility index (Phi) is 1.80. The third-order valence-corrected chi connectivity index (χ3v) is 3.06. The zero-order chi connectivity index (χ0) is 11.3. The number of nitrogens with two attached hydrogens (primary N) is 1. The number of carbonyl (C=O) groups excluding carboxylic acids is 1. The summed E-state index contributed by atoms with van der Waals surface area (Å²) in [5, 5.41) is 0. The van der Waals surface area contributed by atoms with Crippen LogP contribution < -0.4 is 5.73 Å². The molecule has 2 N–H and O–H groups in total. The number of primary amides is 1. The minimum Gasteiger partial charge on any atom is -0.366 e. The van der Waals surface area contributed by atoms with E-state index >= 15 is 0 Å². The van der Waals surface area contributed by atoms with Gasteiger partial charge in [-0.25, -0.2) is 4.98 Å². The number of hydrogen-bond acceptors (Lipinski definition) is 2. The molecule has 1 amide bonds. The standard InChI is InChI=1S/C12H13N3O/c1-7-14-10-6-8(12(13)16)2-5-11(10)15(7)9-3-4-9/h2,5-6,9H,3-4H2,1H3,(H2,13,16). The van der Waals surface area contributed by atoms with Crippen molar-refractivity contribution in [2.24, 2.45) is 5.73 Å². The van der Waals surface area contributed by atoms with Gasteiger partial charge in [0.25, 0.3) is 0 Å². The van der Waals surface area contributed by atoms with Crippen molar-refractivity contribution >= 4 is 16.9 Å². The second kappa shape index (κ2) is 3.07. The van der Waals surface area contributed by atoms with Crippen LogP contribution in [0.15, 0.2) is 18.2 Å². The Morgan fingerprint density at radius 1 is 1.50 bits per heavy atom. The third kappa shape index (κ3) is 1.30. The van der Waals surface area contributed by atoms with Crippen molar-refractivity contribution in [3.8, 4) is 0 Å². The quantitative estimate of drug-likeness (QED) is 0.830. The van der Waals surface area contributed by atoms with Crippen molar-refractivity contribution in [1.82, 2.24) is 9.55 Å². The molecule has 1 aliphatic carbocycles. The molecule has 4 heteroatoms. The number of aryl methyl sites for hydroxylation is 1. The Morgan fingerprint density at radius 2 is 2.25 bits per heavy atom. The highest BCUT2D eigenvalue weighted by atomic mass is 16.1. The number of rotatable bonds is 2. The number of nitrogens with zero attached hydrogens (tertiary/aromatic N) is 2. The maximum atomic E-state index is 11.1. The van der Waals surface area contributed by atoms with Gasteiger partial charge in [-0.05, 0) is 38.0 Å². The number of hydrogen-bond donors (Lipinski definition) is 1. The van der Waals surface area contributed by atoms with Crippen LogP contribution in [0.3, 0.4) is 0 Å². The average Bonchev–Trinajstić information content (AvgIpc) is 3.00. The molecule has 4 nitrogen and oxygen atoms in total. The summed E-state index contributed by atoms with van der Waals surface area (Å²) in [6, 6.07) is 6.08. The average molecular weight is 215 g/mol. The molecule has 2 aromatic rings. The van der Waals surface area contributed by atoms with Gasteiger partial charge < -0.3 is 10.3 Å². The SMILES string of the molecule is Cc1nc2cc(C(N)=O)ccc2n1C1CC1. The first-order valence-corrected chi connectivity index (χ1v) is 5.45. The Hall–Kier alpha value is -1.84. The van der Waals surface area contributed by atoms with Gasteiger partial charge in [-0.1, -0.05) is 0 Å². The lowest BCUT2D eigenvalue weighted by molar-refractivity contribution is 0.100. The van der Waals surface area contributed by atoms with E-state index in [1.54, 1.807) is 12.1 Å². The molecular weight excluding hydrogens is 202 g/mol. The maximum Gasteiger partial charge on any atom is 0.248 e. The summed E-state index contributed by atoms with van der Waals surface area (Å²) in [6.45, 7) is 2.00. The van der Waals surface area contributed by atoms with Crippen molar-refractivity contribution in [1.29, 1.82) is 0 Å². The topological polar surface area (TPSA) is 60.9 Å². The van der Waals surface area contributed by atoms with Crippen molar-refractivity contribution < 1.29 is 4.79 Å². The van der Waals surface area contributed by atoms with E-state index in [4.69, 9.17) is 5.73 Å². The molecule has 1 aliphatic rings. The summed E-state index contributed by atoms with van der Waals surface area (Å²) < 4.78 is 2.25. The van der Waals surface area contributed by atoms with E-state index in [-0.39, 0.29) is 0 Å². The van der Waals surface area contributed by atoms with Crippen LogP contribution in [0.4, 0.5) is 0 Å². The van der Waals surface area contributed by atoms with Gasteiger partial charge in [-0.2, -0.15) is 0 Å². The van der Waals surface area contributed by atoms with E-state index in [0.717, 1.165) is 16.9 Å². The van der Waals surface area contributed by atoms with Crippen molar-refractivity contribution in [3.05, 3.63) is 29.6 Å². The van der Waals surface area contributed by atoms with Crippen LogP contribution in [0, 0.1) is 6.92 Å². The molecule has 0 radical (unpaired) electrons. The maximum absolute atomic E-state index is 11.1. The molecule has 0 spiro atoms. The molecule has 1 aromatic carbocycles. The number of carbonyl (C=O) groups is 1. The number of imidazole rings is 1. The van der Waals surface area contributed by atoms with Gasteiger partial charge in [0, 0.05) is 11.6 Å². The minimum absolute atomic E-state index is 0.402. The molecule has 0 atom stereocenters. The molecule has 1 saturated carbocycles. The zero-order valence-electron chi connectivity index (χ0n) is 9.10. The fraction of sp³-hybridized carbons (Fsp3) is 0.333. The van der Waals surface area contributed by atoms with Crippen LogP contribution in [0.2, 0.25) is 0 Å². The van der Waals surface area contributed by atoms with E-state index in [0.29, 0.717) is 11.6 Å². The second-order valence-electron chi connectivity index (χ2n) is 4.33. The van der Waals surface area contributed by atoms with Crippen LogP contribution in [-0.4, -0.2) is 15.5 Å². The first kappa shape index (κ1) is 9.39. The molecule has 1 heterocycles. The molecule has 3 rings (SSSR count). The lowest BCUT2D eigenvalue weighted by atomic mass is 10.2. The van der Waals surface area contributed by atoms with Crippen molar-refractivity contribution in [2.75, 3.05) is 0 Å². The third-order valence-electron chi connectivity index (χ3n) is 3.06. The molecule has 0 aliphatic heterocycles. The van der Waals surface area contributed by atoms with E-state index in [1.807, 2.05) is 13.0 Å². The van der Waals surface area contributed by atoms with Gasteiger partial charge >= 0.3 is 0 Å². The molecule has 82 valence electrons. The Labute approximate surface area is 93.1 Å². The molecule has 0 bridgehead atoms. The van der Waals surface area contributed by atoms with E-state index < -0.39 is 5.91 Å². The Bertz CT molecular complexity index is 581. The second-order valence-corrected chi connectivity index (χ2v) is 4.33. The first-order valence-electron chi connectivity index (χ1n) is 5.45. The van der Waals surface area contributed by atoms with Crippen LogP contribution >= 0.6 is 0 Å². The fourth-order valence-corrected chi connectivity index (χ4v) is 2.17. The summed E-state index contributed by atoms with van der Waals surface area (Å²) in [7, 11) is 0. The van der Waals surface area contributed by atoms with Crippen LogP contribution in [0.1, 0.15) is 35.1 Å². The highest BCUT2D eigenvalue weighted by Gasteiger charge is 2.26. The first-order chi connectivity index (χ1) is 7.66. The van der Waals surface area contributed by atoms with Crippen molar-refractivity contribution in [2.45, 2.75) is 25.8 Å². The summed E-state index contributed by atoms with van der Waals surface area (Å²) >= 11 is 0. The van der Waals surface area contributed by atoms with Crippen LogP contribution in [-0.2, 0) is 0 Å². The Balaban J connectivity index is 2.23. The molecule has 1 fully saturated rings. The number of aromatic nitrogens is 2. The number of benzene rings is 1. The van der Waals surface area contributed by atoms with E-state index in [2.05, 4.69) is 9.55 Å². The predicted octanol–water partition coefficient (Wildman–Crippen LogP) is 1.78. The fourth-order valence-electron chi connectivity index (χ4n) is 2.17. The normalized spacial score (nSPS) is 15.6. The lowest BCUT2D eigenvalue weighted by Gasteiger charge is -2.03. The Morgan fingerprint density at radius 3 is 2.88 bits per heavy atom. The summed E-state index contributed by atoms with van der Waals surface area (Å²) in [4.78, 5) is 15.5. The lowest BCUT2D eigenvalue weighted by Crippen LogP contribution is -2.10. The van der Waals surface area contributed by atoms with Gasteiger partial charge in [-0.3, -0.25) is 4.79 Å². The monoisotopic (exact) mass is 215 g/mol. The zero-order valence-corrected chi connectivity index (χ0v) is 9.10. The largest absolute Gasteiger partial charge is 0.366 e. The predicted molar refractivity (Wildman–Crippen MR) is 61.3 cm³/mol. The molecule has 0 unspecified atom stereocenters. The van der Waals surface area contributed by atoms with Gasteiger partial charge in [0.05, 0.1) is 11.0 Å². The highest BCUT2D eigenvalue weighted by molar-refractivity contribution is 5.96. The number of amides is 1. The van der Waals surface area contributed by atoms with Crippen LogP contribution in [0.5, 0.6) is 0 Å². The molecule has 1 aromatic heterocycles. The summed E-state index contributed by atoms with van der Waals surface area (Å²) in [6.07, 6.45) is 2.45. The van der Waals surface area contributed by atoms with Gasteiger partial charge in [0.1, 0.15) is 5.82 Å². The highest BCUT2D eigenvalue weighted by Crippen LogP contribution is 2.38. The summed E-state index contributed by atoms with van der Waals surface area (Å²) in [5.41, 5.74) is 7.73. The minimum atomic E-state index is -0.402. The molecule has 16 heavy (non-hydrogen) atoms. The molecule has 0 saturated heterocycles.